The summed E-state index contributed by atoms with van der Waals surface area (Å²) in [5.41, 5.74) is 0.905. The van der Waals surface area contributed by atoms with Gasteiger partial charge < -0.3 is 14.3 Å². The topological polar surface area (TPSA) is 22.8 Å². The van der Waals surface area contributed by atoms with E-state index in [1.807, 2.05) is 19.1 Å². The third-order valence-corrected chi connectivity index (χ3v) is 2.83. The van der Waals surface area contributed by atoms with Crippen molar-refractivity contribution in [2.24, 2.45) is 0 Å². The maximum Gasteiger partial charge on any atom is 0.247 e. The predicted molar refractivity (Wildman–Crippen MR) is 62.3 cm³/mol. The molecule has 1 unspecified atom stereocenters. The summed E-state index contributed by atoms with van der Waals surface area (Å²) >= 11 is 3.41. The first kappa shape index (κ1) is 11.9. The number of nitrogens with zero attached hydrogens (tertiary/aromatic N) is 1. The summed E-state index contributed by atoms with van der Waals surface area (Å²) in [5, 5.41) is 0. The van der Waals surface area contributed by atoms with Crippen LogP contribution in [0, 0.1) is 6.57 Å². The number of rotatable bonds is 3. The largest absolute Gasteiger partial charge is 0.493 e. The molecule has 4 heteroatoms. The van der Waals surface area contributed by atoms with Crippen LogP contribution in [0.3, 0.4) is 0 Å². The molecular weight excluding hydrogens is 258 g/mol. The Morgan fingerprint density at radius 2 is 1.80 bits per heavy atom. The highest BCUT2D eigenvalue weighted by Gasteiger charge is 2.17. The molecule has 0 aliphatic carbocycles. The summed E-state index contributed by atoms with van der Waals surface area (Å²) in [7, 11) is 3.17. The molecule has 1 aromatic carbocycles. The zero-order valence-electron chi connectivity index (χ0n) is 8.87. The van der Waals surface area contributed by atoms with Crippen LogP contribution in [-0.2, 0) is 0 Å². The minimum absolute atomic E-state index is 0.195. The lowest BCUT2D eigenvalue weighted by atomic mass is 10.1. The SMILES string of the molecule is [C-]#[N+]C(C)c1cc(OC)c(OC)cc1Br. The zero-order chi connectivity index (χ0) is 11.4. The van der Waals surface area contributed by atoms with Gasteiger partial charge in [0.15, 0.2) is 11.5 Å². The standard InChI is InChI=1S/C11H12BrNO2/c1-7(13-2)8-5-10(14-3)11(15-4)6-9(8)12/h5-7H,1,3-4H3. The van der Waals surface area contributed by atoms with Gasteiger partial charge in [-0.15, -0.1) is 0 Å². The van der Waals surface area contributed by atoms with Crippen molar-refractivity contribution in [2.45, 2.75) is 13.0 Å². The van der Waals surface area contributed by atoms with Crippen molar-refractivity contribution in [3.8, 4) is 11.5 Å². The van der Waals surface area contributed by atoms with E-state index < -0.39 is 0 Å². The highest BCUT2D eigenvalue weighted by molar-refractivity contribution is 9.10. The highest BCUT2D eigenvalue weighted by atomic mass is 79.9. The van der Waals surface area contributed by atoms with Gasteiger partial charge in [0, 0.05) is 11.4 Å². The molecule has 0 aliphatic heterocycles. The fourth-order valence-corrected chi connectivity index (χ4v) is 1.91. The van der Waals surface area contributed by atoms with Gasteiger partial charge in [-0.05, 0) is 12.1 Å². The minimum atomic E-state index is -0.195. The Kier molecular flexibility index (Phi) is 3.98. The number of hydrogen-bond acceptors (Lipinski definition) is 2. The van der Waals surface area contributed by atoms with E-state index in [4.69, 9.17) is 16.0 Å². The second kappa shape index (κ2) is 5.04. The number of hydrogen-bond donors (Lipinski definition) is 0. The highest BCUT2D eigenvalue weighted by Crippen LogP contribution is 2.36. The Morgan fingerprint density at radius 3 is 2.27 bits per heavy atom. The van der Waals surface area contributed by atoms with E-state index >= 15 is 0 Å². The average Bonchev–Trinajstić information content (AvgIpc) is 2.27. The predicted octanol–water partition coefficient (Wildman–Crippen LogP) is 3.45. The average molecular weight is 270 g/mol. The Labute approximate surface area is 98.0 Å². The Bertz CT molecular complexity index is 398. The lowest BCUT2D eigenvalue weighted by Crippen LogP contribution is -1.95. The van der Waals surface area contributed by atoms with Crippen molar-refractivity contribution in [3.05, 3.63) is 33.6 Å². The van der Waals surface area contributed by atoms with Crippen molar-refractivity contribution < 1.29 is 9.47 Å². The second-order valence-electron chi connectivity index (χ2n) is 3.03. The molecule has 0 amide bonds. The lowest BCUT2D eigenvalue weighted by molar-refractivity contribution is 0.354. The van der Waals surface area contributed by atoms with Crippen molar-refractivity contribution >= 4 is 15.9 Å². The molecule has 0 fully saturated rings. The van der Waals surface area contributed by atoms with Crippen molar-refractivity contribution in [1.82, 2.24) is 0 Å². The first-order chi connectivity index (χ1) is 7.13. The summed E-state index contributed by atoms with van der Waals surface area (Å²) in [6.45, 7) is 8.85. The molecule has 0 bridgehead atoms. The molecular formula is C11H12BrNO2. The van der Waals surface area contributed by atoms with Crippen molar-refractivity contribution in [1.29, 1.82) is 0 Å². The van der Waals surface area contributed by atoms with E-state index in [0.717, 1.165) is 10.0 Å². The van der Waals surface area contributed by atoms with E-state index in [2.05, 4.69) is 20.8 Å². The molecule has 1 aromatic rings. The van der Waals surface area contributed by atoms with Crippen LogP contribution in [0.25, 0.3) is 4.85 Å². The van der Waals surface area contributed by atoms with Gasteiger partial charge in [-0.25, -0.2) is 6.57 Å². The van der Waals surface area contributed by atoms with Crippen LogP contribution in [0.4, 0.5) is 0 Å². The zero-order valence-corrected chi connectivity index (χ0v) is 10.5. The quantitative estimate of drug-likeness (QED) is 0.785. The maximum absolute atomic E-state index is 7.00. The van der Waals surface area contributed by atoms with Gasteiger partial charge in [-0.2, -0.15) is 0 Å². The summed E-state index contributed by atoms with van der Waals surface area (Å²) < 4.78 is 11.2. The number of benzene rings is 1. The molecule has 0 N–H and O–H groups in total. The first-order valence-corrected chi connectivity index (χ1v) is 5.21. The van der Waals surface area contributed by atoms with Crippen LogP contribution in [0.1, 0.15) is 18.5 Å². The minimum Gasteiger partial charge on any atom is -0.493 e. The molecule has 1 rings (SSSR count). The van der Waals surface area contributed by atoms with Crippen LogP contribution >= 0.6 is 15.9 Å². The van der Waals surface area contributed by atoms with Gasteiger partial charge >= 0.3 is 0 Å². The van der Waals surface area contributed by atoms with Gasteiger partial charge in [0.05, 0.1) is 19.8 Å². The van der Waals surface area contributed by atoms with Crippen LogP contribution in [0.15, 0.2) is 16.6 Å². The van der Waals surface area contributed by atoms with Gasteiger partial charge in [0.2, 0.25) is 6.04 Å². The van der Waals surface area contributed by atoms with E-state index in [0.29, 0.717) is 11.5 Å². The van der Waals surface area contributed by atoms with Crippen LogP contribution in [-0.4, -0.2) is 14.2 Å². The molecule has 15 heavy (non-hydrogen) atoms. The normalized spacial score (nSPS) is 11.7. The number of methoxy groups -OCH3 is 2. The molecule has 80 valence electrons. The molecule has 0 spiro atoms. The van der Waals surface area contributed by atoms with Crippen molar-refractivity contribution in [2.75, 3.05) is 14.2 Å². The second-order valence-corrected chi connectivity index (χ2v) is 3.89. The molecule has 0 heterocycles. The summed E-state index contributed by atoms with van der Waals surface area (Å²) in [6, 6.07) is 3.45. The molecule has 0 aliphatic rings. The molecule has 0 saturated heterocycles. The maximum atomic E-state index is 7.00. The summed E-state index contributed by atoms with van der Waals surface area (Å²) in [6.07, 6.45) is 0. The Hall–Kier alpha value is -1.21. The summed E-state index contributed by atoms with van der Waals surface area (Å²) in [5.74, 6) is 1.30. The van der Waals surface area contributed by atoms with Crippen LogP contribution < -0.4 is 9.47 Å². The lowest BCUT2D eigenvalue weighted by Gasteiger charge is -2.11. The first-order valence-electron chi connectivity index (χ1n) is 4.42. The molecule has 0 aromatic heterocycles. The third-order valence-electron chi connectivity index (χ3n) is 2.15. The van der Waals surface area contributed by atoms with Gasteiger partial charge in [0.1, 0.15) is 0 Å². The van der Waals surface area contributed by atoms with Gasteiger partial charge in [-0.3, -0.25) is 0 Å². The number of halogens is 1. The Balaban J connectivity index is 3.27. The van der Waals surface area contributed by atoms with E-state index in [1.165, 1.54) is 0 Å². The van der Waals surface area contributed by atoms with E-state index in [-0.39, 0.29) is 6.04 Å². The smallest absolute Gasteiger partial charge is 0.247 e. The third kappa shape index (κ3) is 2.42. The van der Waals surface area contributed by atoms with Gasteiger partial charge in [0.25, 0.3) is 0 Å². The van der Waals surface area contributed by atoms with Gasteiger partial charge in [-0.1, -0.05) is 15.9 Å². The number of ether oxygens (including phenoxy) is 2. The molecule has 3 nitrogen and oxygen atoms in total. The van der Waals surface area contributed by atoms with Crippen molar-refractivity contribution in [3.63, 3.8) is 0 Å². The van der Waals surface area contributed by atoms with Crippen LogP contribution in [0.2, 0.25) is 0 Å². The monoisotopic (exact) mass is 269 g/mol. The summed E-state index contributed by atoms with van der Waals surface area (Å²) in [4.78, 5) is 3.47. The fraction of sp³-hybridized carbons (Fsp3) is 0.364. The molecule has 1 atom stereocenters. The molecule has 0 radical (unpaired) electrons. The van der Waals surface area contributed by atoms with E-state index in [9.17, 15) is 0 Å². The Morgan fingerprint density at radius 1 is 1.27 bits per heavy atom. The van der Waals surface area contributed by atoms with E-state index in [1.54, 1.807) is 14.2 Å². The fourth-order valence-electron chi connectivity index (χ4n) is 1.26. The van der Waals surface area contributed by atoms with Crippen LogP contribution in [0.5, 0.6) is 11.5 Å². The molecule has 0 saturated carbocycles.